The van der Waals surface area contributed by atoms with Gasteiger partial charge in [-0.1, -0.05) is 32.0 Å². The van der Waals surface area contributed by atoms with E-state index in [9.17, 15) is 25.0 Å². The molecule has 0 radical (unpaired) electrons. The molecule has 2 atom stereocenters. The Hall–Kier alpha value is -4.23. The predicted octanol–water partition coefficient (Wildman–Crippen LogP) is 5.35. The molecule has 2 aromatic rings. The third-order valence-corrected chi connectivity index (χ3v) is 7.09. The molecule has 0 amide bonds. The molecule has 0 spiro atoms. The SMILES string of the molecule is COc1ccc(C(C#N)(CCCN(C)CC(C)OC(=O)C=C(C(C)=O)c2cccc([N+](=O)[O-])c2)C(C)C)cc1OC. The normalized spacial score (nSPS) is 13.7. The number of nitro benzene ring substituents is 1. The Bertz CT molecular complexity index is 1320. The van der Waals surface area contributed by atoms with Crippen molar-refractivity contribution in [3.63, 3.8) is 0 Å². The maximum atomic E-state index is 12.6. The molecule has 0 aliphatic carbocycles. The van der Waals surface area contributed by atoms with Crippen LogP contribution in [0.5, 0.6) is 11.5 Å². The van der Waals surface area contributed by atoms with Crippen molar-refractivity contribution >= 4 is 23.0 Å². The summed E-state index contributed by atoms with van der Waals surface area (Å²) in [5.74, 6) is 0.104. The molecule has 0 N–H and O–H groups in total. The zero-order chi connectivity index (χ0) is 30.7. The van der Waals surface area contributed by atoms with E-state index in [1.807, 2.05) is 44.0 Å². The van der Waals surface area contributed by atoms with Gasteiger partial charge in [0.2, 0.25) is 0 Å². The molecule has 0 saturated heterocycles. The number of hydrogen-bond acceptors (Lipinski definition) is 9. The number of nitriles is 1. The van der Waals surface area contributed by atoms with Crippen LogP contribution in [0, 0.1) is 27.4 Å². The molecular weight excluding hydrogens is 526 g/mol. The van der Waals surface area contributed by atoms with Crippen molar-refractivity contribution in [2.45, 2.75) is 52.1 Å². The summed E-state index contributed by atoms with van der Waals surface area (Å²) in [6, 6.07) is 13.7. The molecule has 0 saturated carbocycles. The summed E-state index contributed by atoms with van der Waals surface area (Å²) >= 11 is 0. The summed E-state index contributed by atoms with van der Waals surface area (Å²) in [6.07, 6.45) is 1.92. The van der Waals surface area contributed by atoms with Crippen LogP contribution in [0.15, 0.2) is 48.5 Å². The van der Waals surface area contributed by atoms with Crippen molar-refractivity contribution in [2.75, 3.05) is 34.4 Å². The Morgan fingerprint density at radius 3 is 2.37 bits per heavy atom. The third kappa shape index (κ3) is 8.63. The van der Waals surface area contributed by atoms with Crippen LogP contribution >= 0.6 is 0 Å². The lowest BCUT2D eigenvalue weighted by atomic mass is 9.69. The van der Waals surface area contributed by atoms with Gasteiger partial charge in [0.25, 0.3) is 5.69 Å². The van der Waals surface area contributed by atoms with E-state index in [1.165, 1.54) is 31.2 Å². The van der Waals surface area contributed by atoms with Gasteiger partial charge < -0.3 is 19.1 Å². The van der Waals surface area contributed by atoms with Crippen LogP contribution in [0.3, 0.4) is 0 Å². The van der Waals surface area contributed by atoms with E-state index in [0.29, 0.717) is 31.0 Å². The summed E-state index contributed by atoms with van der Waals surface area (Å²) in [5.41, 5.74) is 0.278. The number of Topliss-reactive ketones (excluding diaryl/α,β-unsaturated/α-hetero) is 1. The number of non-ortho nitro benzene ring substituents is 1. The van der Waals surface area contributed by atoms with E-state index < -0.39 is 28.2 Å². The van der Waals surface area contributed by atoms with E-state index in [-0.39, 0.29) is 22.7 Å². The fraction of sp³-hybridized carbons (Fsp3) is 0.452. The van der Waals surface area contributed by atoms with E-state index in [2.05, 4.69) is 6.07 Å². The molecule has 2 unspecified atom stereocenters. The Morgan fingerprint density at radius 1 is 1.12 bits per heavy atom. The van der Waals surface area contributed by atoms with E-state index in [0.717, 1.165) is 18.1 Å². The number of nitrogens with zero attached hydrogens (tertiary/aromatic N) is 3. The molecular formula is C31H39N3O7. The number of ether oxygens (including phenoxy) is 3. The van der Waals surface area contributed by atoms with Gasteiger partial charge in [0.05, 0.1) is 30.6 Å². The van der Waals surface area contributed by atoms with E-state index in [4.69, 9.17) is 14.2 Å². The summed E-state index contributed by atoms with van der Waals surface area (Å²) in [7, 11) is 5.05. The predicted molar refractivity (Wildman–Crippen MR) is 156 cm³/mol. The van der Waals surface area contributed by atoms with Crippen molar-refractivity contribution in [1.82, 2.24) is 4.90 Å². The molecule has 0 bridgehead atoms. The molecule has 41 heavy (non-hydrogen) atoms. The highest BCUT2D eigenvalue weighted by Crippen LogP contribution is 2.40. The number of allylic oxidation sites excluding steroid dienone is 1. The van der Waals surface area contributed by atoms with Crippen molar-refractivity contribution in [3.05, 3.63) is 69.8 Å². The molecule has 220 valence electrons. The third-order valence-electron chi connectivity index (χ3n) is 7.09. The van der Waals surface area contributed by atoms with Gasteiger partial charge in [-0.3, -0.25) is 14.9 Å². The molecule has 10 nitrogen and oxygen atoms in total. The van der Waals surface area contributed by atoms with Crippen LogP contribution in [0.2, 0.25) is 0 Å². The minimum Gasteiger partial charge on any atom is -0.493 e. The second kappa shape index (κ2) is 15.0. The second-order valence-corrected chi connectivity index (χ2v) is 10.3. The number of nitro groups is 1. The lowest BCUT2D eigenvalue weighted by molar-refractivity contribution is -0.384. The fourth-order valence-electron chi connectivity index (χ4n) is 4.85. The number of ketones is 1. The van der Waals surface area contributed by atoms with Gasteiger partial charge in [-0.25, -0.2) is 4.79 Å². The first-order valence-corrected chi connectivity index (χ1v) is 13.4. The minimum atomic E-state index is -0.723. The summed E-state index contributed by atoms with van der Waals surface area (Å²) in [5, 5.41) is 21.4. The van der Waals surface area contributed by atoms with Gasteiger partial charge in [-0.15, -0.1) is 0 Å². The van der Waals surface area contributed by atoms with Gasteiger partial charge in [0, 0.05) is 30.3 Å². The molecule has 2 aromatic carbocycles. The summed E-state index contributed by atoms with van der Waals surface area (Å²) in [4.78, 5) is 37.3. The Kier molecular flexibility index (Phi) is 12.0. The first-order chi connectivity index (χ1) is 19.4. The molecule has 2 rings (SSSR count). The zero-order valence-electron chi connectivity index (χ0n) is 24.8. The zero-order valence-corrected chi connectivity index (χ0v) is 24.8. The number of methoxy groups -OCH3 is 2. The maximum absolute atomic E-state index is 12.6. The maximum Gasteiger partial charge on any atom is 0.331 e. The van der Waals surface area contributed by atoms with Crippen LogP contribution in [0.25, 0.3) is 5.57 Å². The first-order valence-electron chi connectivity index (χ1n) is 13.4. The van der Waals surface area contributed by atoms with Crippen molar-refractivity contribution in [2.24, 2.45) is 5.92 Å². The summed E-state index contributed by atoms with van der Waals surface area (Å²) in [6.45, 7) is 8.19. The van der Waals surface area contributed by atoms with Gasteiger partial charge in [-0.2, -0.15) is 5.26 Å². The number of esters is 1. The van der Waals surface area contributed by atoms with Crippen LogP contribution in [-0.4, -0.2) is 62.0 Å². The van der Waals surface area contributed by atoms with Crippen LogP contribution < -0.4 is 9.47 Å². The highest BCUT2D eigenvalue weighted by Gasteiger charge is 2.36. The lowest BCUT2D eigenvalue weighted by Crippen LogP contribution is -2.34. The van der Waals surface area contributed by atoms with Crippen LogP contribution in [-0.2, 0) is 19.7 Å². The standard InChI is InChI=1S/C31H39N3O7/c1-21(2)31(20-32,25-12-13-28(39-6)29(17-25)40-7)14-9-15-33(5)19-22(3)41-30(36)18-27(23(4)35)24-10-8-11-26(16-24)34(37)38/h8,10-13,16-18,21-22H,9,14-15,19H2,1-7H3. The average molecular weight is 566 g/mol. The second-order valence-electron chi connectivity index (χ2n) is 10.3. The van der Waals surface area contributed by atoms with Crippen molar-refractivity contribution in [3.8, 4) is 17.6 Å². The monoisotopic (exact) mass is 565 g/mol. The Balaban J connectivity index is 2.04. The average Bonchev–Trinajstić information content (AvgIpc) is 2.93. The quantitative estimate of drug-likeness (QED) is 0.121. The van der Waals surface area contributed by atoms with Crippen molar-refractivity contribution < 1.29 is 28.7 Å². The van der Waals surface area contributed by atoms with Gasteiger partial charge >= 0.3 is 5.97 Å². The minimum absolute atomic E-state index is 0.0379. The molecule has 0 aliphatic rings. The molecule has 10 heteroatoms. The summed E-state index contributed by atoms with van der Waals surface area (Å²) < 4.78 is 16.3. The number of benzene rings is 2. The number of hydrogen-bond donors (Lipinski definition) is 0. The number of carbonyl (C=O) groups excluding carboxylic acids is 2. The fourth-order valence-corrected chi connectivity index (χ4v) is 4.85. The molecule has 0 aliphatic heterocycles. The lowest BCUT2D eigenvalue weighted by Gasteiger charge is -2.32. The Labute approximate surface area is 241 Å². The van der Waals surface area contributed by atoms with E-state index >= 15 is 0 Å². The number of rotatable bonds is 15. The number of likely N-dealkylation sites (N-methyl/N-ethyl adjacent to an activating group) is 1. The highest BCUT2D eigenvalue weighted by molar-refractivity contribution is 6.23. The molecule has 0 heterocycles. The van der Waals surface area contributed by atoms with Crippen molar-refractivity contribution in [1.29, 1.82) is 5.26 Å². The van der Waals surface area contributed by atoms with Gasteiger partial charge in [0.1, 0.15) is 6.10 Å². The van der Waals surface area contributed by atoms with Gasteiger partial charge in [0.15, 0.2) is 17.3 Å². The smallest absolute Gasteiger partial charge is 0.331 e. The van der Waals surface area contributed by atoms with Crippen LogP contribution in [0.4, 0.5) is 5.69 Å². The molecule has 0 fully saturated rings. The van der Waals surface area contributed by atoms with Crippen LogP contribution in [0.1, 0.15) is 51.7 Å². The van der Waals surface area contributed by atoms with Gasteiger partial charge in [-0.05, 0) is 69.5 Å². The first kappa shape index (κ1) is 33.0. The highest BCUT2D eigenvalue weighted by atomic mass is 16.6. The van der Waals surface area contributed by atoms with E-state index in [1.54, 1.807) is 21.1 Å². The molecule has 0 aromatic heterocycles. The largest absolute Gasteiger partial charge is 0.493 e. The Morgan fingerprint density at radius 2 is 1.80 bits per heavy atom. The topological polar surface area (TPSA) is 132 Å². The number of carbonyl (C=O) groups is 2.